The molecule has 0 aliphatic carbocycles. The molecule has 1 amide bonds. The lowest BCUT2D eigenvalue weighted by Gasteiger charge is -2.16. The van der Waals surface area contributed by atoms with Crippen molar-refractivity contribution in [3.8, 4) is 0 Å². The summed E-state index contributed by atoms with van der Waals surface area (Å²) in [6, 6.07) is 18.1. The minimum absolute atomic E-state index is 0.0325. The molecule has 2 aromatic heterocycles. The van der Waals surface area contributed by atoms with Gasteiger partial charge in [0.2, 0.25) is 5.91 Å². The van der Waals surface area contributed by atoms with Crippen LogP contribution in [0.15, 0.2) is 60.8 Å². The summed E-state index contributed by atoms with van der Waals surface area (Å²) in [5, 5.41) is 3.72. The van der Waals surface area contributed by atoms with E-state index >= 15 is 0 Å². The quantitative estimate of drug-likeness (QED) is 0.607. The Morgan fingerprint density at radius 3 is 2.87 bits per heavy atom. The van der Waals surface area contributed by atoms with E-state index < -0.39 is 0 Å². The highest BCUT2D eigenvalue weighted by molar-refractivity contribution is 6.30. The molecule has 1 N–H and O–H groups in total. The second-order valence-electron chi connectivity index (χ2n) is 8.17. The molecule has 31 heavy (non-hydrogen) atoms. The van der Waals surface area contributed by atoms with Crippen molar-refractivity contribution < 1.29 is 4.79 Å². The lowest BCUT2D eigenvalue weighted by molar-refractivity contribution is -0.122. The number of benzene rings is 1. The van der Waals surface area contributed by atoms with Crippen LogP contribution in [0.1, 0.15) is 40.5 Å². The van der Waals surface area contributed by atoms with Gasteiger partial charge in [0.1, 0.15) is 0 Å². The zero-order valence-corrected chi connectivity index (χ0v) is 18.5. The Kier molecular flexibility index (Phi) is 6.95. The first-order chi connectivity index (χ1) is 15.0. The number of pyridine rings is 2. The number of nitrogens with zero attached hydrogens (tertiary/aromatic N) is 3. The number of carbonyl (C=O) groups excluding carboxylic acids is 1. The van der Waals surface area contributed by atoms with Crippen molar-refractivity contribution in [2.75, 3.05) is 19.6 Å². The molecule has 1 aliphatic heterocycles. The van der Waals surface area contributed by atoms with Crippen LogP contribution < -0.4 is 5.32 Å². The van der Waals surface area contributed by atoms with Crippen molar-refractivity contribution in [1.82, 2.24) is 20.2 Å². The summed E-state index contributed by atoms with van der Waals surface area (Å²) in [7, 11) is 0. The minimum atomic E-state index is 0.0325. The Morgan fingerprint density at radius 2 is 2.06 bits per heavy atom. The second-order valence-corrected chi connectivity index (χ2v) is 8.60. The van der Waals surface area contributed by atoms with Crippen LogP contribution in [0.2, 0.25) is 5.02 Å². The summed E-state index contributed by atoms with van der Waals surface area (Å²) in [6.45, 7) is 4.67. The van der Waals surface area contributed by atoms with Crippen LogP contribution in [-0.2, 0) is 17.8 Å². The van der Waals surface area contributed by atoms with Gasteiger partial charge in [0.05, 0.1) is 18.8 Å². The lowest BCUT2D eigenvalue weighted by atomic mass is 9.98. The number of carbonyl (C=O) groups is 1. The van der Waals surface area contributed by atoms with Gasteiger partial charge < -0.3 is 5.32 Å². The first-order valence-electron chi connectivity index (χ1n) is 10.7. The molecule has 1 fully saturated rings. The molecule has 160 valence electrons. The predicted molar refractivity (Wildman–Crippen MR) is 123 cm³/mol. The Labute approximate surface area is 188 Å². The maximum absolute atomic E-state index is 12.3. The van der Waals surface area contributed by atoms with Crippen LogP contribution in [0.5, 0.6) is 0 Å². The molecule has 0 radical (unpaired) electrons. The maximum atomic E-state index is 12.3. The highest BCUT2D eigenvalue weighted by Gasteiger charge is 2.26. The van der Waals surface area contributed by atoms with Crippen LogP contribution >= 0.6 is 11.6 Å². The first kappa shape index (κ1) is 21.5. The monoisotopic (exact) mass is 434 g/mol. The summed E-state index contributed by atoms with van der Waals surface area (Å²) in [5.74, 6) is 0.381. The fraction of sp³-hybridized carbons (Fsp3) is 0.320. The van der Waals surface area contributed by atoms with Crippen molar-refractivity contribution in [2.24, 2.45) is 0 Å². The third-order valence-corrected chi connectivity index (χ3v) is 5.82. The molecule has 3 aromatic rings. The Bertz CT molecular complexity index is 1040. The molecule has 5 nitrogen and oxygen atoms in total. The molecule has 0 unspecified atom stereocenters. The van der Waals surface area contributed by atoms with Gasteiger partial charge in [-0.05, 0) is 73.8 Å². The zero-order valence-electron chi connectivity index (χ0n) is 17.7. The summed E-state index contributed by atoms with van der Waals surface area (Å²) in [6.07, 6.45) is 3.59. The number of nitrogens with one attached hydrogen (secondary N) is 1. The number of halogens is 1. The van der Waals surface area contributed by atoms with E-state index in [2.05, 4.69) is 33.4 Å². The summed E-state index contributed by atoms with van der Waals surface area (Å²) >= 11 is 6.14. The lowest BCUT2D eigenvalue weighted by Crippen LogP contribution is -2.35. The number of hydrogen-bond donors (Lipinski definition) is 1. The zero-order chi connectivity index (χ0) is 21.6. The third kappa shape index (κ3) is 6.12. The van der Waals surface area contributed by atoms with Gasteiger partial charge in [-0.1, -0.05) is 29.8 Å². The van der Waals surface area contributed by atoms with Crippen molar-refractivity contribution in [3.63, 3.8) is 0 Å². The average Bonchev–Trinajstić information content (AvgIpc) is 3.21. The minimum Gasteiger partial charge on any atom is -0.349 e. The van der Waals surface area contributed by atoms with Crippen LogP contribution in [0, 0.1) is 6.92 Å². The van der Waals surface area contributed by atoms with Gasteiger partial charge in [-0.25, -0.2) is 0 Å². The Balaban J connectivity index is 1.34. The molecule has 1 aromatic carbocycles. The highest BCUT2D eigenvalue weighted by Crippen LogP contribution is 2.27. The summed E-state index contributed by atoms with van der Waals surface area (Å²) < 4.78 is 0. The van der Waals surface area contributed by atoms with Gasteiger partial charge in [-0.15, -0.1) is 0 Å². The first-order valence-corrected chi connectivity index (χ1v) is 11.0. The van der Waals surface area contributed by atoms with E-state index in [0.29, 0.717) is 19.0 Å². The van der Waals surface area contributed by atoms with Crippen molar-refractivity contribution >= 4 is 17.5 Å². The largest absolute Gasteiger partial charge is 0.349 e. The molecule has 1 saturated heterocycles. The molecule has 0 saturated carbocycles. The number of aryl methyl sites for hydroxylation is 1. The molecule has 6 heteroatoms. The normalized spacial score (nSPS) is 16.4. The van der Waals surface area contributed by atoms with Crippen molar-refractivity contribution in [3.05, 3.63) is 94.0 Å². The molecule has 3 heterocycles. The van der Waals surface area contributed by atoms with Gasteiger partial charge in [0.25, 0.3) is 0 Å². The SMILES string of the molecule is Cc1cc(Cc2cccc(Cl)c2)cc([C@@H]2CCN(CC(=O)NCc3ccccn3)C2)n1. The van der Waals surface area contributed by atoms with Crippen molar-refractivity contribution in [1.29, 1.82) is 0 Å². The van der Waals surface area contributed by atoms with Crippen LogP contribution in [-0.4, -0.2) is 40.4 Å². The van der Waals surface area contributed by atoms with Crippen LogP contribution in [0.25, 0.3) is 0 Å². The summed E-state index contributed by atoms with van der Waals surface area (Å²) in [4.78, 5) is 23.6. The predicted octanol–water partition coefficient (Wildman–Crippen LogP) is 4.13. The highest BCUT2D eigenvalue weighted by atomic mass is 35.5. The summed E-state index contributed by atoms with van der Waals surface area (Å²) in [5.41, 5.74) is 5.46. The average molecular weight is 435 g/mol. The molecular weight excluding hydrogens is 408 g/mol. The van der Waals surface area contributed by atoms with Crippen LogP contribution in [0.4, 0.5) is 0 Å². The van der Waals surface area contributed by atoms with E-state index in [9.17, 15) is 4.79 Å². The van der Waals surface area contributed by atoms with Gasteiger partial charge in [0, 0.05) is 35.1 Å². The fourth-order valence-corrected chi connectivity index (χ4v) is 4.34. The van der Waals surface area contributed by atoms with Gasteiger partial charge >= 0.3 is 0 Å². The van der Waals surface area contributed by atoms with E-state index in [0.717, 1.165) is 48.0 Å². The molecule has 4 rings (SSSR count). The second kappa shape index (κ2) is 10.0. The fourth-order valence-electron chi connectivity index (χ4n) is 4.13. The molecule has 0 bridgehead atoms. The van der Waals surface area contributed by atoms with Gasteiger partial charge in [0.15, 0.2) is 0 Å². The topological polar surface area (TPSA) is 58.1 Å². The smallest absolute Gasteiger partial charge is 0.234 e. The standard InChI is InChI=1S/C25H27ClN4O/c1-18-11-20(12-19-5-4-6-22(26)13-19)14-24(29-18)21-8-10-30(16-21)17-25(31)28-15-23-7-2-3-9-27-23/h2-7,9,11,13-14,21H,8,10,12,15-17H2,1H3,(H,28,31)/t21-/m1/s1. The van der Waals surface area contributed by atoms with Crippen molar-refractivity contribution in [2.45, 2.75) is 32.2 Å². The van der Waals surface area contributed by atoms with E-state index in [1.807, 2.05) is 43.3 Å². The maximum Gasteiger partial charge on any atom is 0.234 e. The van der Waals surface area contributed by atoms with Gasteiger partial charge in [-0.2, -0.15) is 0 Å². The number of amides is 1. The molecular formula is C25H27ClN4O. The number of aromatic nitrogens is 2. The molecule has 0 spiro atoms. The number of rotatable bonds is 7. The van der Waals surface area contributed by atoms with E-state index in [1.54, 1.807) is 6.20 Å². The van der Waals surface area contributed by atoms with Crippen LogP contribution in [0.3, 0.4) is 0 Å². The Hall–Kier alpha value is -2.76. The molecule has 1 atom stereocenters. The van der Waals surface area contributed by atoms with E-state index in [-0.39, 0.29) is 5.91 Å². The third-order valence-electron chi connectivity index (χ3n) is 5.58. The number of hydrogen-bond acceptors (Lipinski definition) is 4. The van der Waals surface area contributed by atoms with Gasteiger partial charge in [-0.3, -0.25) is 19.7 Å². The van der Waals surface area contributed by atoms with E-state index in [1.165, 1.54) is 11.1 Å². The number of likely N-dealkylation sites (tertiary alicyclic amines) is 1. The van der Waals surface area contributed by atoms with E-state index in [4.69, 9.17) is 16.6 Å². The molecule has 1 aliphatic rings. The Morgan fingerprint density at radius 1 is 1.16 bits per heavy atom.